The van der Waals surface area contributed by atoms with Crippen LogP contribution in [-0.2, 0) is 16.0 Å². The molecule has 3 nitrogen and oxygen atoms in total. The highest BCUT2D eigenvalue weighted by molar-refractivity contribution is 14.1. The summed E-state index contributed by atoms with van der Waals surface area (Å²) in [7, 11) is -4.11. The molecule has 0 aliphatic carbocycles. The second-order valence-corrected chi connectivity index (χ2v) is 7.94. The number of para-hydroxylation sites is 1. The highest BCUT2D eigenvalue weighted by atomic mass is 127. The van der Waals surface area contributed by atoms with Gasteiger partial charge in [0.25, 0.3) is 0 Å². The molecule has 1 aromatic heterocycles. The third-order valence-electron chi connectivity index (χ3n) is 3.41. The van der Waals surface area contributed by atoms with E-state index in [9.17, 15) is 21.6 Å². The molecule has 3 aromatic rings. The Morgan fingerprint density at radius 1 is 0.958 bits per heavy atom. The molecule has 0 spiro atoms. The Morgan fingerprint density at radius 2 is 1.67 bits per heavy atom. The van der Waals surface area contributed by atoms with Crippen LogP contribution in [0.3, 0.4) is 0 Å². The summed E-state index contributed by atoms with van der Waals surface area (Å²) in [5.74, 6) is 0. The monoisotopic (exact) mass is 463 g/mol. The zero-order valence-electron chi connectivity index (χ0n) is 11.9. The molecule has 0 N–H and O–H groups in total. The number of rotatable bonds is 2. The van der Waals surface area contributed by atoms with Crippen molar-refractivity contribution in [3.63, 3.8) is 0 Å². The van der Waals surface area contributed by atoms with Crippen LogP contribution in [0.25, 0.3) is 10.9 Å². The number of hydrogen-bond donors (Lipinski definition) is 0. The van der Waals surface area contributed by atoms with Crippen molar-refractivity contribution in [2.45, 2.75) is 16.0 Å². The van der Waals surface area contributed by atoms with E-state index in [0.29, 0.717) is 17.0 Å². The molecule has 2 aromatic carbocycles. The van der Waals surface area contributed by atoms with Gasteiger partial charge in [0.2, 0.25) is 9.84 Å². The first-order valence-corrected chi connectivity index (χ1v) is 9.23. The number of pyridine rings is 1. The van der Waals surface area contributed by atoms with Crippen molar-refractivity contribution in [1.82, 2.24) is 4.98 Å². The van der Waals surface area contributed by atoms with Crippen molar-refractivity contribution >= 4 is 43.3 Å². The number of sulfone groups is 1. The minimum Gasteiger partial charge on any atom is -0.240 e. The van der Waals surface area contributed by atoms with Gasteiger partial charge in [-0.05, 0) is 52.9 Å². The summed E-state index contributed by atoms with van der Waals surface area (Å²) in [4.78, 5) is 3.70. The van der Waals surface area contributed by atoms with E-state index in [4.69, 9.17) is 0 Å². The van der Waals surface area contributed by atoms with E-state index < -0.39 is 26.5 Å². The number of benzene rings is 2. The number of fused-ring (bicyclic) bond motifs is 1. The van der Waals surface area contributed by atoms with Gasteiger partial charge in [-0.15, -0.1) is 0 Å². The van der Waals surface area contributed by atoms with Gasteiger partial charge in [-0.1, -0.05) is 24.3 Å². The van der Waals surface area contributed by atoms with Crippen molar-refractivity contribution in [2.75, 3.05) is 0 Å². The maximum Gasteiger partial charge on any atom is 0.416 e. The molecular formula is C16H9F3INO2S. The van der Waals surface area contributed by atoms with Gasteiger partial charge in [0.05, 0.1) is 16.0 Å². The van der Waals surface area contributed by atoms with Gasteiger partial charge in [0, 0.05) is 5.39 Å². The Bertz CT molecular complexity index is 1030. The maximum atomic E-state index is 12.8. The van der Waals surface area contributed by atoms with Crippen LogP contribution < -0.4 is 0 Å². The van der Waals surface area contributed by atoms with Gasteiger partial charge < -0.3 is 0 Å². The molecule has 0 aliphatic heterocycles. The Labute approximate surface area is 149 Å². The zero-order chi connectivity index (χ0) is 17.5. The standard InChI is InChI=1S/C16H9F3INO2S/c17-16(18,19)11-5-3-6-12(9-11)24(22,23)14-8-10-4-1-2-7-13(10)21-15(14)20/h1-9H. The Kier molecular flexibility index (Phi) is 4.28. The molecule has 0 bridgehead atoms. The highest BCUT2D eigenvalue weighted by Gasteiger charge is 2.32. The van der Waals surface area contributed by atoms with Crippen molar-refractivity contribution in [2.24, 2.45) is 0 Å². The lowest BCUT2D eigenvalue weighted by Gasteiger charge is -2.11. The minimum atomic E-state index is -4.61. The van der Waals surface area contributed by atoms with E-state index in [0.717, 1.165) is 18.2 Å². The van der Waals surface area contributed by atoms with E-state index in [2.05, 4.69) is 4.98 Å². The fourth-order valence-electron chi connectivity index (χ4n) is 2.23. The van der Waals surface area contributed by atoms with Gasteiger partial charge in [-0.25, -0.2) is 13.4 Å². The van der Waals surface area contributed by atoms with E-state index in [-0.39, 0.29) is 8.60 Å². The van der Waals surface area contributed by atoms with Crippen LogP contribution in [0.15, 0.2) is 64.4 Å². The molecule has 0 radical (unpaired) electrons. The number of halogens is 4. The van der Waals surface area contributed by atoms with E-state index in [1.54, 1.807) is 46.9 Å². The summed E-state index contributed by atoms with van der Waals surface area (Å²) in [6, 6.07) is 12.1. The predicted molar refractivity (Wildman–Crippen MR) is 91.4 cm³/mol. The smallest absolute Gasteiger partial charge is 0.240 e. The first kappa shape index (κ1) is 17.2. The van der Waals surface area contributed by atoms with Gasteiger partial charge in [-0.2, -0.15) is 13.2 Å². The summed E-state index contributed by atoms with van der Waals surface area (Å²) >= 11 is 1.77. The molecule has 0 amide bonds. The summed E-state index contributed by atoms with van der Waals surface area (Å²) in [5.41, 5.74) is -0.391. The Morgan fingerprint density at radius 3 is 2.38 bits per heavy atom. The zero-order valence-corrected chi connectivity index (χ0v) is 14.9. The van der Waals surface area contributed by atoms with Gasteiger partial charge in [0.1, 0.15) is 8.60 Å². The third kappa shape index (κ3) is 3.12. The second kappa shape index (κ2) is 5.99. The van der Waals surface area contributed by atoms with E-state index >= 15 is 0 Å². The summed E-state index contributed by atoms with van der Waals surface area (Å²) in [6.45, 7) is 0. The maximum absolute atomic E-state index is 12.8. The van der Waals surface area contributed by atoms with Gasteiger partial charge in [0.15, 0.2) is 0 Å². The quantitative estimate of drug-likeness (QED) is 0.410. The molecule has 0 atom stereocenters. The van der Waals surface area contributed by atoms with Crippen LogP contribution in [0.2, 0.25) is 0 Å². The lowest BCUT2D eigenvalue weighted by Crippen LogP contribution is -2.09. The number of hydrogen-bond acceptors (Lipinski definition) is 3. The minimum absolute atomic E-state index is 0.110. The largest absolute Gasteiger partial charge is 0.416 e. The predicted octanol–water partition coefficient (Wildman–Crippen LogP) is 4.69. The first-order valence-electron chi connectivity index (χ1n) is 6.67. The summed E-state index contributed by atoms with van der Waals surface area (Å²) < 4.78 is 64.3. The fourth-order valence-corrected chi connectivity index (χ4v) is 4.86. The fraction of sp³-hybridized carbons (Fsp3) is 0.0625. The topological polar surface area (TPSA) is 47.0 Å². The molecule has 0 fully saturated rings. The number of nitrogens with zero attached hydrogens (tertiary/aromatic N) is 1. The molecule has 24 heavy (non-hydrogen) atoms. The average molecular weight is 463 g/mol. The molecule has 1 heterocycles. The van der Waals surface area contributed by atoms with Crippen LogP contribution in [0.1, 0.15) is 5.56 Å². The van der Waals surface area contributed by atoms with E-state index in [1.165, 1.54) is 6.07 Å². The SMILES string of the molecule is O=S(=O)(c1cccc(C(F)(F)F)c1)c1cc2ccccc2nc1I. The van der Waals surface area contributed by atoms with Crippen molar-refractivity contribution in [3.05, 3.63) is 63.9 Å². The number of alkyl halides is 3. The van der Waals surface area contributed by atoms with Crippen molar-refractivity contribution in [3.8, 4) is 0 Å². The highest BCUT2D eigenvalue weighted by Crippen LogP contribution is 2.33. The van der Waals surface area contributed by atoms with Gasteiger partial charge >= 0.3 is 6.18 Å². The molecule has 124 valence electrons. The van der Waals surface area contributed by atoms with Gasteiger partial charge in [-0.3, -0.25) is 0 Å². The number of aromatic nitrogens is 1. The van der Waals surface area contributed by atoms with Crippen LogP contribution >= 0.6 is 22.6 Å². The van der Waals surface area contributed by atoms with Crippen LogP contribution in [0.5, 0.6) is 0 Å². The Hall–Kier alpha value is -1.68. The molecule has 8 heteroatoms. The lowest BCUT2D eigenvalue weighted by molar-refractivity contribution is -0.137. The Balaban J connectivity index is 2.20. The average Bonchev–Trinajstić information content (AvgIpc) is 2.53. The van der Waals surface area contributed by atoms with Crippen LogP contribution in [-0.4, -0.2) is 13.4 Å². The summed E-state index contributed by atoms with van der Waals surface area (Å²) in [6.07, 6.45) is -4.61. The van der Waals surface area contributed by atoms with Crippen LogP contribution in [0.4, 0.5) is 13.2 Å². The van der Waals surface area contributed by atoms with Crippen molar-refractivity contribution < 1.29 is 21.6 Å². The third-order valence-corrected chi connectivity index (χ3v) is 6.36. The second-order valence-electron chi connectivity index (χ2n) is 5.00. The molecule has 0 aliphatic rings. The molecule has 3 rings (SSSR count). The molecule has 0 unspecified atom stereocenters. The lowest BCUT2D eigenvalue weighted by atomic mass is 10.2. The molecular weight excluding hydrogens is 454 g/mol. The van der Waals surface area contributed by atoms with E-state index in [1.807, 2.05) is 0 Å². The molecule has 0 saturated carbocycles. The first-order chi connectivity index (χ1) is 11.2. The molecule has 0 saturated heterocycles. The summed E-state index contributed by atoms with van der Waals surface area (Å²) in [5, 5.41) is 0.600. The van der Waals surface area contributed by atoms with Crippen LogP contribution in [0, 0.1) is 3.70 Å². The normalized spacial score (nSPS) is 12.5. The van der Waals surface area contributed by atoms with Crippen molar-refractivity contribution in [1.29, 1.82) is 0 Å².